The lowest BCUT2D eigenvalue weighted by Gasteiger charge is -2.17. The van der Waals surface area contributed by atoms with E-state index in [4.69, 9.17) is 10.5 Å². The number of thiophene rings is 1. The van der Waals surface area contributed by atoms with Gasteiger partial charge in [0.2, 0.25) is 0 Å². The second-order valence-corrected chi connectivity index (χ2v) is 15.9. The van der Waals surface area contributed by atoms with Crippen LogP contribution in [0.2, 0.25) is 0 Å². The molecule has 1 amide bonds. The van der Waals surface area contributed by atoms with E-state index in [-0.39, 0.29) is 33.5 Å². The number of benzene rings is 2. The summed E-state index contributed by atoms with van der Waals surface area (Å²) >= 11 is 1.01. The summed E-state index contributed by atoms with van der Waals surface area (Å²) in [4.78, 5) is 34.1. The van der Waals surface area contributed by atoms with Crippen molar-refractivity contribution in [3.8, 4) is 16.9 Å². The van der Waals surface area contributed by atoms with Crippen LogP contribution < -0.4 is 31.1 Å². The average molecular weight is 776 g/mol. The standard InChI is InChI=1S/C39H49N7O6S2/c1-4-26(3)37(40)43-17-7-11-32(39(48)49)45-38(47)36-31(15-20-53-36)46-54(50,51)33-22-29(21-27-14-19-52-35(27)33)30-10-6-5-9-28(30)24-41-16-8-18-42-34-13-12-25(2)23-44-34/h5-6,9-10,12-13,15,20-23,26,32,41,46H,4,7-8,11,14,16-19,24H2,1-3H3,(H2,40,43)(H,42,44)(H,45,47)(H,48,49). The van der Waals surface area contributed by atoms with Gasteiger partial charge in [0, 0.05) is 38.2 Å². The number of anilines is 2. The fourth-order valence-electron chi connectivity index (χ4n) is 5.92. The first-order valence-corrected chi connectivity index (χ1v) is 20.5. The van der Waals surface area contributed by atoms with E-state index < -0.39 is 27.9 Å². The Bertz CT molecular complexity index is 2050. The van der Waals surface area contributed by atoms with E-state index in [0.717, 1.165) is 70.9 Å². The summed E-state index contributed by atoms with van der Waals surface area (Å²) < 4.78 is 36.5. The summed E-state index contributed by atoms with van der Waals surface area (Å²) in [5.41, 5.74) is 10.5. The molecule has 0 saturated carbocycles. The number of aliphatic imine (C=N–C) groups is 1. The molecule has 2 aromatic heterocycles. The molecular weight excluding hydrogens is 727 g/mol. The molecule has 0 radical (unpaired) electrons. The molecule has 2 aromatic carbocycles. The van der Waals surface area contributed by atoms with Gasteiger partial charge >= 0.3 is 5.97 Å². The van der Waals surface area contributed by atoms with E-state index >= 15 is 0 Å². The molecule has 5 rings (SSSR count). The van der Waals surface area contributed by atoms with Gasteiger partial charge in [0.05, 0.1) is 18.1 Å². The molecule has 0 bridgehead atoms. The predicted octanol–water partition coefficient (Wildman–Crippen LogP) is 5.81. The number of fused-ring (bicyclic) bond motifs is 1. The number of rotatable bonds is 20. The molecule has 15 heteroatoms. The molecule has 54 heavy (non-hydrogen) atoms. The number of ether oxygens (including phenoxy) is 1. The van der Waals surface area contributed by atoms with Gasteiger partial charge in [-0.25, -0.2) is 18.2 Å². The van der Waals surface area contributed by atoms with E-state index in [1.165, 1.54) is 6.07 Å². The van der Waals surface area contributed by atoms with Gasteiger partial charge in [0.1, 0.15) is 27.4 Å². The third-order valence-corrected chi connectivity index (χ3v) is 11.5. The number of hydrogen-bond acceptors (Lipinski definition) is 10. The molecule has 288 valence electrons. The normalized spacial score (nSPS) is 13.8. The largest absolute Gasteiger partial charge is 0.492 e. The molecule has 0 aliphatic carbocycles. The molecule has 3 heterocycles. The Morgan fingerprint density at radius 1 is 1.11 bits per heavy atom. The highest BCUT2D eigenvalue weighted by molar-refractivity contribution is 7.92. The van der Waals surface area contributed by atoms with Crippen LogP contribution in [0.3, 0.4) is 0 Å². The highest BCUT2D eigenvalue weighted by Crippen LogP contribution is 2.39. The van der Waals surface area contributed by atoms with Crippen molar-refractivity contribution < 1.29 is 27.9 Å². The lowest BCUT2D eigenvalue weighted by atomic mass is 9.97. The van der Waals surface area contributed by atoms with Crippen molar-refractivity contribution in [1.29, 1.82) is 0 Å². The molecule has 4 aromatic rings. The number of carboxylic acid groups (broad SMARTS) is 1. The second-order valence-electron chi connectivity index (χ2n) is 13.3. The van der Waals surface area contributed by atoms with E-state index in [9.17, 15) is 23.1 Å². The van der Waals surface area contributed by atoms with Gasteiger partial charge in [0.15, 0.2) is 0 Å². The van der Waals surface area contributed by atoms with Crippen LogP contribution in [0.5, 0.6) is 5.75 Å². The Labute approximate surface area is 320 Å². The number of aliphatic carboxylic acids is 1. The molecular formula is C39H49N7O6S2. The number of nitrogens with zero attached hydrogens (tertiary/aromatic N) is 2. The van der Waals surface area contributed by atoms with Gasteiger partial charge in [-0.05, 0) is 96.6 Å². The van der Waals surface area contributed by atoms with Crippen molar-refractivity contribution in [3.05, 3.63) is 87.7 Å². The molecule has 13 nitrogen and oxygen atoms in total. The first-order valence-electron chi connectivity index (χ1n) is 18.2. The van der Waals surface area contributed by atoms with Crippen molar-refractivity contribution in [2.45, 2.75) is 70.4 Å². The number of sulfonamides is 1. The van der Waals surface area contributed by atoms with E-state index in [2.05, 4.69) is 30.6 Å². The first-order chi connectivity index (χ1) is 26.0. The fourth-order valence-corrected chi connectivity index (χ4v) is 8.03. The van der Waals surface area contributed by atoms with Crippen molar-refractivity contribution in [2.75, 3.05) is 36.3 Å². The summed E-state index contributed by atoms with van der Waals surface area (Å²) in [7, 11) is -4.26. The van der Waals surface area contributed by atoms with Crippen LogP contribution in [0, 0.1) is 12.8 Å². The van der Waals surface area contributed by atoms with Crippen molar-refractivity contribution in [3.63, 3.8) is 0 Å². The van der Waals surface area contributed by atoms with Gasteiger partial charge in [0.25, 0.3) is 15.9 Å². The summed E-state index contributed by atoms with van der Waals surface area (Å²) in [5.74, 6) is -0.139. The topological polar surface area (TPSA) is 197 Å². The molecule has 2 atom stereocenters. The van der Waals surface area contributed by atoms with Gasteiger partial charge in [-0.1, -0.05) is 44.2 Å². The quantitative estimate of drug-likeness (QED) is 0.0362. The lowest BCUT2D eigenvalue weighted by Crippen LogP contribution is -2.40. The maximum Gasteiger partial charge on any atom is 0.326 e. The second kappa shape index (κ2) is 18.9. The Kier molecular flexibility index (Phi) is 14.0. The SMILES string of the molecule is CCC(C)C(N)=NCCCC(NC(=O)c1sccc1NS(=O)(=O)c1cc(-c2ccccc2CNCCCNc2ccc(C)cn2)cc2c1OCC2)C(=O)O. The number of nitrogens with two attached hydrogens (primary N) is 1. The molecule has 0 fully saturated rings. The molecule has 0 saturated heterocycles. The molecule has 2 unspecified atom stereocenters. The van der Waals surface area contributed by atoms with Gasteiger partial charge in [-0.3, -0.25) is 14.5 Å². The predicted molar refractivity (Wildman–Crippen MR) is 214 cm³/mol. The Hall–Kier alpha value is -4.99. The Morgan fingerprint density at radius 2 is 1.93 bits per heavy atom. The number of nitrogens with one attached hydrogen (secondary N) is 4. The third kappa shape index (κ3) is 10.6. The minimum Gasteiger partial charge on any atom is -0.492 e. The molecule has 1 aliphatic rings. The summed E-state index contributed by atoms with van der Waals surface area (Å²) in [6, 6.07) is 15.7. The zero-order chi connectivity index (χ0) is 38.7. The zero-order valence-corrected chi connectivity index (χ0v) is 32.5. The number of carboxylic acids is 1. The maximum atomic E-state index is 14.1. The van der Waals surface area contributed by atoms with E-state index in [1.807, 2.05) is 69.4 Å². The zero-order valence-electron chi connectivity index (χ0n) is 30.9. The summed E-state index contributed by atoms with van der Waals surface area (Å²) in [5, 5.41) is 20.8. The highest BCUT2D eigenvalue weighted by Gasteiger charge is 2.30. The molecule has 1 aliphatic heterocycles. The Balaban J connectivity index is 1.26. The minimum atomic E-state index is -4.26. The van der Waals surface area contributed by atoms with Crippen LogP contribution >= 0.6 is 11.3 Å². The number of amides is 1. The third-order valence-electron chi connectivity index (χ3n) is 9.21. The minimum absolute atomic E-state index is 0.0377. The van der Waals surface area contributed by atoms with E-state index in [0.29, 0.717) is 38.4 Å². The number of hydrogen-bond donors (Lipinski definition) is 6. The van der Waals surface area contributed by atoms with E-state index in [1.54, 1.807) is 11.4 Å². The van der Waals surface area contributed by atoms with Gasteiger partial charge in [-0.2, -0.15) is 0 Å². The van der Waals surface area contributed by atoms with Crippen LogP contribution in [0.25, 0.3) is 11.1 Å². The van der Waals surface area contributed by atoms with Gasteiger partial charge < -0.3 is 31.5 Å². The maximum absolute atomic E-state index is 14.1. The number of carbonyl (C=O) groups is 2. The number of pyridine rings is 1. The summed E-state index contributed by atoms with van der Waals surface area (Å²) in [6.45, 7) is 8.76. The van der Waals surface area contributed by atoms with Crippen LogP contribution in [-0.4, -0.2) is 68.5 Å². The van der Waals surface area contributed by atoms with Gasteiger partial charge in [-0.15, -0.1) is 11.3 Å². The molecule has 7 N–H and O–H groups in total. The van der Waals surface area contributed by atoms with Crippen LogP contribution in [0.4, 0.5) is 11.5 Å². The number of aromatic nitrogens is 1. The fraction of sp³-hybridized carbons (Fsp3) is 0.385. The monoisotopic (exact) mass is 775 g/mol. The number of amidine groups is 1. The molecule has 0 spiro atoms. The average Bonchev–Trinajstić information content (AvgIpc) is 3.83. The Morgan fingerprint density at radius 3 is 2.69 bits per heavy atom. The van der Waals surface area contributed by atoms with Crippen molar-refractivity contribution >= 4 is 50.6 Å². The summed E-state index contributed by atoms with van der Waals surface area (Å²) in [6.07, 6.45) is 4.62. The number of aryl methyl sites for hydroxylation is 1. The number of carbonyl (C=O) groups excluding carboxylic acids is 1. The van der Waals surface area contributed by atoms with Crippen molar-refractivity contribution in [1.82, 2.24) is 15.6 Å². The highest BCUT2D eigenvalue weighted by atomic mass is 32.2. The van der Waals surface area contributed by atoms with Crippen molar-refractivity contribution in [2.24, 2.45) is 16.6 Å². The van der Waals surface area contributed by atoms with Crippen LogP contribution in [-0.2, 0) is 27.8 Å². The first kappa shape index (κ1) is 40.2. The lowest BCUT2D eigenvalue weighted by molar-refractivity contribution is -0.139. The van der Waals surface area contributed by atoms with Crippen LogP contribution in [0.1, 0.15) is 65.9 Å². The smallest absolute Gasteiger partial charge is 0.326 e. The van der Waals surface area contributed by atoms with Crippen LogP contribution in [0.15, 0.2) is 76.1 Å².